The molecule has 0 radical (unpaired) electrons. The molecule has 0 bridgehead atoms. The van der Waals surface area contributed by atoms with Crippen molar-refractivity contribution in [3.63, 3.8) is 0 Å². The summed E-state index contributed by atoms with van der Waals surface area (Å²) in [5, 5.41) is 3.06. The molecule has 1 aromatic heterocycles. The lowest BCUT2D eigenvalue weighted by molar-refractivity contribution is 0.503. The van der Waals surface area contributed by atoms with E-state index in [1.54, 1.807) is 13.3 Å². The van der Waals surface area contributed by atoms with Gasteiger partial charge in [-0.2, -0.15) is 0 Å². The van der Waals surface area contributed by atoms with Crippen LogP contribution >= 0.6 is 0 Å². The summed E-state index contributed by atoms with van der Waals surface area (Å²) in [6, 6.07) is 5.08. The molecule has 4 heteroatoms. The van der Waals surface area contributed by atoms with Gasteiger partial charge in [0.25, 0.3) is 0 Å². The molecule has 1 atom stereocenters. The highest BCUT2D eigenvalue weighted by molar-refractivity contribution is 5.33. The van der Waals surface area contributed by atoms with E-state index in [-0.39, 0.29) is 6.04 Å². The molecule has 2 rings (SSSR count). The van der Waals surface area contributed by atoms with Crippen LogP contribution in [0.4, 0.5) is 8.78 Å². The van der Waals surface area contributed by atoms with Crippen molar-refractivity contribution in [2.24, 2.45) is 0 Å². The van der Waals surface area contributed by atoms with Gasteiger partial charge in [-0.15, -0.1) is 0 Å². The average molecular weight is 251 g/mol. The molecular formula is C14H15F2NO. The van der Waals surface area contributed by atoms with Crippen LogP contribution in [0.3, 0.4) is 0 Å². The number of nitrogens with one attached hydrogen (secondary N) is 1. The fourth-order valence-corrected chi connectivity index (χ4v) is 2.14. The molecule has 1 aromatic carbocycles. The molecule has 2 nitrogen and oxygen atoms in total. The molecule has 0 saturated heterocycles. The van der Waals surface area contributed by atoms with Gasteiger partial charge in [0.2, 0.25) is 0 Å². The molecule has 96 valence electrons. The van der Waals surface area contributed by atoms with Crippen molar-refractivity contribution in [3.05, 3.63) is 59.1 Å². The summed E-state index contributed by atoms with van der Waals surface area (Å²) in [5.74, 6) is -0.336. The first-order valence-corrected chi connectivity index (χ1v) is 5.85. The number of rotatable bonds is 4. The van der Waals surface area contributed by atoms with E-state index in [0.29, 0.717) is 5.56 Å². The zero-order chi connectivity index (χ0) is 13.1. The Hall–Kier alpha value is -1.68. The van der Waals surface area contributed by atoms with Crippen LogP contribution in [0.15, 0.2) is 34.9 Å². The maximum atomic E-state index is 13.3. The van der Waals surface area contributed by atoms with Crippen molar-refractivity contribution in [1.29, 1.82) is 0 Å². The molecule has 18 heavy (non-hydrogen) atoms. The van der Waals surface area contributed by atoms with Crippen molar-refractivity contribution in [2.45, 2.75) is 19.4 Å². The van der Waals surface area contributed by atoms with E-state index in [9.17, 15) is 8.78 Å². The fourth-order valence-electron chi connectivity index (χ4n) is 2.14. The summed E-state index contributed by atoms with van der Waals surface area (Å²) < 4.78 is 31.9. The van der Waals surface area contributed by atoms with E-state index in [4.69, 9.17) is 4.42 Å². The lowest BCUT2D eigenvalue weighted by Gasteiger charge is -2.17. The molecule has 1 unspecified atom stereocenters. The third-order valence-corrected chi connectivity index (χ3v) is 2.92. The summed E-state index contributed by atoms with van der Waals surface area (Å²) in [5.41, 5.74) is 1.45. The Bertz CT molecular complexity index is 516. The summed E-state index contributed by atoms with van der Waals surface area (Å²) in [7, 11) is 1.75. The van der Waals surface area contributed by atoms with E-state index in [1.807, 2.05) is 13.0 Å². The molecule has 1 N–H and O–H groups in total. The maximum absolute atomic E-state index is 13.3. The predicted octanol–water partition coefficient (Wildman–Crippen LogP) is 3.43. The second-order valence-corrected chi connectivity index (χ2v) is 4.08. The van der Waals surface area contributed by atoms with E-state index < -0.39 is 11.6 Å². The minimum absolute atomic E-state index is 0.274. The number of hydrogen-bond acceptors (Lipinski definition) is 2. The number of hydrogen-bond donors (Lipinski definition) is 1. The topological polar surface area (TPSA) is 25.2 Å². The average Bonchev–Trinajstić information content (AvgIpc) is 2.77. The van der Waals surface area contributed by atoms with E-state index in [1.165, 1.54) is 12.1 Å². The van der Waals surface area contributed by atoms with Crippen molar-refractivity contribution >= 4 is 0 Å². The second kappa shape index (κ2) is 5.31. The highest BCUT2D eigenvalue weighted by Gasteiger charge is 2.18. The number of aryl methyl sites for hydroxylation is 1. The number of benzene rings is 1. The van der Waals surface area contributed by atoms with Crippen molar-refractivity contribution in [2.75, 3.05) is 7.05 Å². The van der Waals surface area contributed by atoms with Crippen molar-refractivity contribution in [1.82, 2.24) is 5.32 Å². The van der Waals surface area contributed by atoms with Crippen molar-refractivity contribution < 1.29 is 13.2 Å². The van der Waals surface area contributed by atoms with E-state index >= 15 is 0 Å². The summed E-state index contributed by atoms with van der Waals surface area (Å²) in [6.45, 7) is 1.97. The van der Waals surface area contributed by atoms with Gasteiger partial charge in [-0.3, -0.25) is 0 Å². The summed E-state index contributed by atoms with van der Waals surface area (Å²) in [6.07, 6.45) is 2.33. The molecule has 1 heterocycles. The Morgan fingerprint density at radius 1 is 1.22 bits per heavy atom. The van der Waals surface area contributed by atoms with Gasteiger partial charge in [-0.05, 0) is 30.8 Å². The highest BCUT2D eigenvalue weighted by Crippen LogP contribution is 2.27. The largest absolute Gasteiger partial charge is 0.469 e. The summed E-state index contributed by atoms with van der Waals surface area (Å²) in [4.78, 5) is 0. The fraction of sp³-hybridized carbons (Fsp3) is 0.286. The Balaban J connectivity index is 2.45. The molecule has 0 aliphatic rings. The molecule has 0 amide bonds. The van der Waals surface area contributed by atoms with Crippen LogP contribution < -0.4 is 5.32 Å². The maximum Gasteiger partial charge on any atom is 0.126 e. The van der Waals surface area contributed by atoms with E-state index in [2.05, 4.69) is 5.32 Å². The molecule has 0 aliphatic carbocycles. The third kappa shape index (κ3) is 2.43. The quantitative estimate of drug-likeness (QED) is 0.900. The molecule has 0 fully saturated rings. The van der Waals surface area contributed by atoms with Crippen LogP contribution in [0, 0.1) is 11.6 Å². The van der Waals surface area contributed by atoms with Gasteiger partial charge in [-0.25, -0.2) is 8.78 Å². The normalized spacial score (nSPS) is 12.7. The predicted molar refractivity (Wildman–Crippen MR) is 65.3 cm³/mol. The Labute approximate surface area is 105 Å². The zero-order valence-corrected chi connectivity index (χ0v) is 10.3. The Morgan fingerprint density at radius 2 is 1.89 bits per heavy atom. The van der Waals surface area contributed by atoms with Crippen LogP contribution in [-0.4, -0.2) is 7.05 Å². The second-order valence-electron chi connectivity index (χ2n) is 4.08. The van der Waals surface area contributed by atoms with Gasteiger partial charge in [0.15, 0.2) is 0 Å². The van der Waals surface area contributed by atoms with Crippen LogP contribution in [0.1, 0.15) is 29.9 Å². The lowest BCUT2D eigenvalue weighted by atomic mass is 9.98. The number of halogens is 2. The monoisotopic (exact) mass is 251 g/mol. The minimum atomic E-state index is -0.577. The minimum Gasteiger partial charge on any atom is -0.469 e. The van der Waals surface area contributed by atoms with Gasteiger partial charge in [0.05, 0.1) is 12.3 Å². The van der Waals surface area contributed by atoms with Crippen molar-refractivity contribution in [3.8, 4) is 0 Å². The smallest absolute Gasteiger partial charge is 0.126 e. The molecule has 0 spiro atoms. The molecule has 0 aliphatic heterocycles. The van der Waals surface area contributed by atoms with Gasteiger partial charge in [0.1, 0.15) is 17.4 Å². The highest BCUT2D eigenvalue weighted by atomic mass is 19.1. The first-order valence-electron chi connectivity index (χ1n) is 5.85. The summed E-state index contributed by atoms with van der Waals surface area (Å²) >= 11 is 0. The number of furan rings is 1. The third-order valence-electron chi connectivity index (χ3n) is 2.92. The van der Waals surface area contributed by atoms with Gasteiger partial charge in [0, 0.05) is 18.1 Å². The SMILES string of the molecule is CCc1occc1C(NC)c1cc(F)cc(F)c1. The van der Waals surface area contributed by atoms with Crippen LogP contribution in [0.25, 0.3) is 0 Å². The van der Waals surface area contributed by atoms with Crippen LogP contribution in [-0.2, 0) is 6.42 Å². The molecule has 2 aromatic rings. The first-order chi connectivity index (χ1) is 8.65. The van der Waals surface area contributed by atoms with Gasteiger partial charge in [-0.1, -0.05) is 6.92 Å². The standard InChI is InChI=1S/C14H15F2NO/c1-3-13-12(4-5-18-13)14(17-2)9-6-10(15)8-11(16)7-9/h4-8,14,17H,3H2,1-2H3. The lowest BCUT2D eigenvalue weighted by Crippen LogP contribution is -2.18. The van der Waals surface area contributed by atoms with Crippen LogP contribution in [0.5, 0.6) is 0 Å². The van der Waals surface area contributed by atoms with Gasteiger partial charge < -0.3 is 9.73 Å². The molecule has 0 saturated carbocycles. The Morgan fingerprint density at radius 3 is 2.44 bits per heavy atom. The zero-order valence-electron chi connectivity index (χ0n) is 10.3. The van der Waals surface area contributed by atoms with Gasteiger partial charge >= 0.3 is 0 Å². The van der Waals surface area contributed by atoms with E-state index in [0.717, 1.165) is 23.8 Å². The molecular weight excluding hydrogens is 236 g/mol. The first kappa shape index (κ1) is 12.8. The Kier molecular flexibility index (Phi) is 3.77. The van der Waals surface area contributed by atoms with Crippen LogP contribution in [0.2, 0.25) is 0 Å².